The van der Waals surface area contributed by atoms with Crippen LogP contribution in [0.25, 0.3) is 0 Å². The van der Waals surface area contributed by atoms with Crippen LogP contribution in [0.4, 0.5) is 0 Å². The summed E-state index contributed by atoms with van der Waals surface area (Å²) >= 11 is 0. The first-order valence-electron chi connectivity index (χ1n) is 4.55. The summed E-state index contributed by atoms with van der Waals surface area (Å²) in [5.41, 5.74) is 4.78. The summed E-state index contributed by atoms with van der Waals surface area (Å²) in [7, 11) is 2.07. The number of nitrogens with zero attached hydrogens (tertiary/aromatic N) is 1. The molecule has 0 spiro atoms. The topological polar surface area (TPSA) is 49.5 Å². The predicted octanol–water partition coefficient (Wildman–Crippen LogP) is 0.180. The fourth-order valence-electron chi connectivity index (χ4n) is 1.63. The molecule has 1 saturated heterocycles. The normalized spacial score (nSPS) is 25.8. The van der Waals surface area contributed by atoms with Crippen molar-refractivity contribution in [1.29, 1.82) is 0 Å². The van der Waals surface area contributed by atoms with E-state index in [1.807, 2.05) is 13.8 Å². The van der Waals surface area contributed by atoms with Crippen molar-refractivity contribution in [1.82, 2.24) is 4.90 Å². The molecule has 0 amide bonds. The van der Waals surface area contributed by atoms with Crippen LogP contribution in [-0.2, 0) is 0 Å². The SMILES string of the molecule is CN1CCC(O)(C(C)(C)N)CC1. The molecule has 0 atom stereocenters. The van der Waals surface area contributed by atoms with Crippen molar-refractivity contribution in [2.24, 2.45) is 5.73 Å². The molecule has 72 valence electrons. The molecule has 0 saturated carbocycles. The smallest absolute Gasteiger partial charge is 0.0845 e. The van der Waals surface area contributed by atoms with E-state index in [2.05, 4.69) is 11.9 Å². The second-order valence-corrected chi connectivity index (χ2v) is 4.56. The highest BCUT2D eigenvalue weighted by Gasteiger charge is 2.42. The molecule has 3 heteroatoms. The monoisotopic (exact) mass is 172 g/mol. The van der Waals surface area contributed by atoms with Crippen LogP contribution in [0.5, 0.6) is 0 Å². The van der Waals surface area contributed by atoms with Crippen LogP contribution < -0.4 is 5.73 Å². The predicted molar refractivity (Wildman–Crippen MR) is 49.9 cm³/mol. The van der Waals surface area contributed by atoms with E-state index >= 15 is 0 Å². The van der Waals surface area contributed by atoms with Crippen molar-refractivity contribution in [3.8, 4) is 0 Å². The molecule has 1 aliphatic heterocycles. The van der Waals surface area contributed by atoms with Crippen molar-refractivity contribution < 1.29 is 5.11 Å². The lowest BCUT2D eigenvalue weighted by Gasteiger charge is -2.45. The third kappa shape index (κ3) is 1.79. The number of likely N-dealkylation sites (tertiary alicyclic amines) is 1. The molecule has 12 heavy (non-hydrogen) atoms. The number of rotatable bonds is 1. The fraction of sp³-hybridized carbons (Fsp3) is 1.00. The van der Waals surface area contributed by atoms with E-state index in [4.69, 9.17) is 5.73 Å². The van der Waals surface area contributed by atoms with Gasteiger partial charge in [-0.25, -0.2) is 0 Å². The Kier molecular flexibility index (Phi) is 2.47. The second kappa shape index (κ2) is 2.98. The summed E-state index contributed by atoms with van der Waals surface area (Å²) in [6.07, 6.45) is 1.57. The van der Waals surface area contributed by atoms with E-state index < -0.39 is 11.1 Å². The molecule has 3 nitrogen and oxygen atoms in total. The molecule has 1 aliphatic rings. The van der Waals surface area contributed by atoms with Crippen LogP contribution in [0.15, 0.2) is 0 Å². The van der Waals surface area contributed by atoms with E-state index in [-0.39, 0.29) is 0 Å². The van der Waals surface area contributed by atoms with Gasteiger partial charge in [-0.3, -0.25) is 0 Å². The van der Waals surface area contributed by atoms with Crippen molar-refractivity contribution in [3.05, 3.63) is 0 Å². The van der Waals surface area contributed by atoms with Crippen LogP contribution in [0.3, 0.4) is 0 Å². The number of piperidine rings is 1. The van der Waals surface area contributed by atoms with Crippen LogP contribution in [-0.4, -0.2) is 41.3 Å². The first-order valence-corrected chi connectivity index (χ1v) is 4.55. The third-order valence-corrected chi connectivity index (χ3v) is 3.01. The van der Waals surface area contributed by atoms with Gasteiger partial charge in [0.05, 0.1) is 5.60 Å². The van der Waals surface area contributed by atoms with Crippen molar-refractivity contribution >= 4 is 0 Å². The Morgan fingerprint density at radius 2 is 1.75 bits per heavy atom. The van der Waals surface area contributed by atoms with Crippen molar-refractivity contribution in [2.45, 2.75) is 37.8 Å². The third-order valence-electron chi connectivity index (χ3n) is 3.01. The van der Waals surface area contributed by atoms with Gasteiger partial charge in [-0.1, -0.05) is 0 Å². The quantitative estimate of drug-likeness (QED) is 0.593. The minimum absolute atomic E-state index is 0.478. The summed E-state index contributed by atoms with van der Waals surface area (Å²) in [5.74, 6) is 0. The first-order chi connectivity index (χ1) is 5.35. The number of aliphatic hydroxyl groups is 1. The Bertz CT molecular complexity index is 154. The summed E-state index contributed by atoms with van der Waals surface area (Å²) in [6.45, 7) is 5.69. The average Bonchev–Trinajstić information content (AvgIpc) is 1.93. The molecule has 1 fully saturated rings. The van der Waals surface area contributed by atoms with E-state index in [1.54, 1.807) is 0 Å². The highest BCUT2D eigenvalue weighted by atomic mass is 16.3. The van der Waals surface area contributed by atoms with Crippen LogP contribution in [0.2, 0.25) is 0 Å². The Labute approximate surface area is 74.5 Å². The lowest BCUT2D eigenvalue weighted by molar-refractivity contribution is -0.0650. The maximum absolute atomic E-state index is 10.2. The zero-order valence-corrected chi connectivity index (χ0v) is 8.30. The fourth-order valence-corrected chi connectivity index (χ4v) is 1.63. The van der Waals surface area contributed by atoms with Gasteiger partial charge in [0, 0.05) is 18.6 Å². The molecule has 0 unspecified atom stereocenters. The molecule has 0 radical (unpaired) electrons. The van der Waals surface area contributed by atoms with Gasteiger partial charge in [-0.15, -0.1) is 0 Å². The largest absolute Gasteiger partial charge is 0.388 e. The minimum Gasteiger partial charge on any atom is -0.388 e. The Morgan fingerprint density at radius 3 is 2.08 bits per heavy atom. The molecule has 0 aliphatic carbocycles. The molecular weight excluding hydrogens is 152 g/mol. The standard InChI is InChI=1S/C9H20N2O/c1-8(2,10)9(12)4-6-11(3)7-5-9/h12H,4-7,10H2,1-3H3. The van der Waals surface area contributed by atoms with Gasteiger partial charge in [0.1, 0.15) is 0 Å². The maximum Gasteiger partial charge on any atom is 0.0845 e. The molecule has 0 aromatic heterocycles. The van der Waals surface area contributed by atoms with E-state index in [1.165, 1.54) is 0 Å². The summed E-state index contributed by atoms with van der Waals surface area (Å²) in [4.78, 5) is 2.22. The molecule has 1 rings (SSSR count). The highest BCUT2D eigenvalue weighted by molar-refractivity contribution is 5.00. The molecule has 1 heterocycles. The van der Waals surface area contributed by atoms with Gasteiger partial charge in [-0.2, -0.15) is 0 Å². The van der Waals surface area contributed by atoms with Gasteiger partial charge in [-0.05, 0) is 33.7 Å². The van der Waals surface area contributed by atoms with Gasteiger partial charge in [0.15, 0.2) is 0 Å². The Morgan fingerprint density at radius 1 is 1.33 bits per heavy atom. The minimum atomic E-state index is -0.667. The summed E-state index contributed by atoms with van der Waals surface area (Å²) in [6, 6.07) is 0. The van der Waals surface area contributed by atoms with Crippen LogP contribution >= 0.6 is 0 Å². The Balaban J connectivity index is 2.62. The number of hydrogen-bond donors (Lipinski definition) is 2. The summed E-state index contributed by atoms with van der Waals surface area (Å²) in [5, 5.41) is 10.2. The van der Waals surface area contributed by atoms with Gasteiger partial charge in [0.2, 0.25) is 0 Å². The average molecular weight is 172 g/mol. The zero-order valence-electron chi connectivity index (χ0n) is 8.30. The zero-order chi connectivity index (χ0) is 9.41. The number of hydrogen-bond acceptors (Lipinski definition) is 3. The van der Waals surface area contributed by atoms with E-state index in [0.29, 0.717) is 0 Å². The van der Waals surface area contributed by atoms with E-state index in [9.17, 15) is 5.11 Å². The summed E-state index contributed by atoms with van der Waals surface area (Å²) < 4.78 is 0. The van der Waals surface area contributed by atoms with E-state index in [0.717, 1.165) is 25.9 Å². The molecular formula is C9H20N2O. The van der Waals surface area contributed by atoms with Crippen LogP contribution in [0.1, 0.15) is 26.7 Å². The molecule has 3 N–H and O–H groups in total. The van der Waals surface area contributed by atoms with Crippen LogP contribution in [0, 0.1) is 0 Å². The van der Waals surface area contributed by atoms with Gasteiger partial charge < -0.3 is 15.7 Å². The second-order valence-electron chi connectivity index (χ2n) is 4.56. The molecule has 0 aromatic rings. The van der Waals surface area contributed by atoms with Crippen molar-refractivity contribution in [2.75, 3.05) is 20.1 Å². The maximum atomic E-state index is 10.2. The number of nitrogens with two attached hydrogens (primary N) is 1. The first kappa shape index (κ1) is 9.96. The van der Waals surface area contributed by atoms with Gasteiger partial charge in [0.25, 0.3) is 0 Å². The van der Waals surface area contributed by atoms with Gasteiger partial charge >= 0.3 is 0 Å². The Hall–Kier alpha value is -0.120. The lowest BCUT2D eigenvalue weighted by Crippen LogP contribution is -2.60. The lowest BCUT2D eigenvalue weighted by atomic mass is 9.76. The molecule has 0 aromatic carbocycles. The highest BCUT2D eigenvalue weighted by Crippen LogP contribution is 2.30. The van der Waals surface area contributed by atoms with Crippen molar-refractivity contribution in [3.63, 3.8) is 0 Å². The molecule has 0 bridgehead atoms.